The van der Waals surface area contributed by atoms with Gasteiger partial charge in [-0.1, -0.05) is 0 Å². The van der Waals surface area contributed by atoms with Crippen LogP contribution in [0.25, 0.3) is 0 Å². The van der Waals surface area contributed by atoms with Crippen molar-refractivity contribution in [1.82, 2.24) is 14.5 Å². The van der Waals surface area contributed by atoms with E-state index in [1.165, 1.54) is 15.7 Å². The molecule has 1 aliphatic heterocycles. The quantitative estimate of drug-likeness (QED) is 0.664. The first-order chi connectivity index (χ1) is 8.49. The molecule has 0 spiro atoms. The molecule has 0 aromatic carbocycles. The first-order valence-electron chi connectivity index (χ1n) is 5.58. The van der Waals surface area contributed by atoms with E-state index in [0.717, 1.165) is 0 Å². The van der Waals surface area contributed by atoms with Gasteiger partial charge in [0.2, 0.25) is 0 Å². The van der Waals surface area contributed by atoms with Crippen LogP contribution >= 0.6 is 0 Å². The van der Waals surface area contributed by atoms with Crippen LogP contribution < -0.4 is 11.4 Å². The third-order valence-corrected chi connectivity index (χ3v) is 3.14. The molecule has 0 atom stereocenters. The normalized spacial score (nSPS) is 16.8. The van der Waals surface area contributed by atoms with E-state index < -0.39 is 17.7 Å². The van der Waals surface area contributed by atoms with Crippen molar-refractivity contribution < 1.29 is 14.7 Å². The fraction of sp³-hybridized carbons (Fsp3) is 0.500. The van der Waals surface area contributed by atoms with E-state index in [1.54, 1.807) is 0 Å². The van der Waals surface area contributed by atoms with Crippen molar-refractivity contribution in [3.8, 4) is 0 Å². The van der Waals surface area contributed by atoms with Crippen molar-refractivity contribution in [2.75, 3.05) is 13.1 Å². The van der Waals surface area contributed by atoms with Gasteiger partial charge in [0, 0.05) is 25.3 Å². The van der Waals surface area contributed by atoms with Crippen LogP contribution in [-0.2, 0) is 0 Å². The molecule has 0 bridgehead atoms. The lowest BCUT2D eigenvalue weighted by Gasteiger charge is -2.30. The predicted molar refractivity (Wildman–Crippen MR) is 61.4 cm³/mol. The number of aromatic amines is 1. The zero-order valence-electron chi connectivity index (χ0n) is 9.63. The van der Waals surface area contributed by atoms with Crippen LogP contribution in [0.5, 0.6) is 0 Å². The van der Waals surface area contributed by atoms with Crippen LogP contribution in [0, 0.1) is 0 Å². The van der Waals surface area contributed by atoms with Gasteiger partial charge in [-0.3, -0.25) is 9.36 Å². The summed E-state index contributed by atoms with van der Waals surface area (Å²) in [7, 11) is 0. The highest BCUT2D eigenvalue weighted by Crippen LogP contribution is 2.21. The SMILES string of the molecule is NC(=O)c1cn(C2CCN(C(=O)O)CC2)c(=O)[nH]1. The summed E-state index contributed by atoms with van der Waals surface area (Å²) < 4.78 is 1.42. The molecule has 1 aromatic rings. The van der Waals surface area contributed by atoms with Crippen molar-refractivity contribution in [1.29, 1.82) is 0 Å². The molecule has 4 N–H and O–H groups in total. The maximum Gasteiger partial charge on any atom is 0.407 e. The third kappa shape index (κ3) is 2.22. The molecule has 2 rings (SSSR count). The van der Waals surface area contributed by atoms with Crippen molar-refractivity contribution >= 4 is 12.0 Å². The fourth-order valence-corrected chi connectivity index (χ4v) is 2.14. The van der Waals surface area contributed by atoms with Gasteiger partial charge in [0.05, 0.1) is 0 Å². The van der Waals surface area contributed by atoms with Gasteiger partial charge in [-0.2, -0.15) is 0 Å². The monoisotopic (exact) mass is 254 g/mol. The number of H-pyrrole nitrogens is 1. The number of nitrogens with two attached hydrogens (primary N) is 1. The first-order valence-corrected chi connectivity index (χ1v) is 5.58. The summed E-state index contributed by atoms with van der Waals surface area (Å²) in [6.45, 7) is 0.757. The van der Waals surface area contributed by atoms with Crippen molar-refractivity contribution in [2.24, 2.45) is 5.73 Å². The molecule has 8 heteroatoms. The highest BCUT2D eigenvalue weighted by atomic mass is 16.4. The molecule has 0 saturated carbocycles. The second kappa shape index (κ2) is 4.55. The Hall–Kier alpha value is -2.25. The van der Waals surface area contributed by atoms with E-state index in [-0.39, 0.29) is 11.7 Å². The molecule has 0 unspecified atom stereocenters. The van der Waals surface area contributed by atoms with Gasteiger partial charge in [-0.05, 0) is 12.8 Å². The smallest absolute Gasteiger partial charge is 0.407 e. The lowest BCUT2D eigenvalue weighted by Crippen LogP contribution is -2.39. The summed E-state index contributed by atoms with van der Waals surface area (Å²) in [5.41, 5.74) is 4.76. The molecule has 1 fully saturated rings. The van der Waals surface area contributed by atoms with Gasteiger partial charge >= 0.3 is 11.8 Å². The number of hydrogen-bond acceptors (Lipinski definition) is 3. The zero-order chi connectivity index (χ0) is 13.3. The van der Waals surface area contributed by atoms with E-state index in [0.29, 0.717) is 25.9 Å². The van der Waals surface area contributed by atoms with Crippen molar-refractivity contribution in [3.05, 3.63) is 22.4 Å². The Morgan fingerprint density at radius 3 is 2.44 bits per heavy atom. The standard InChI is InChI=1S/C10H14N4O4/c11-8(15)7-5-14(9(16)12-7)6-1-3-13(4-2-6)10(17)18/h5-6H,1-4H2,(H2,11,15)(H,12,16)(H,17,18). The Balaban J connectivity index is 2.12. The topological polar surface area (TPSA) is 121 Å². The molecule has 1 saturated heterocycles. The van der Waals surface area contributed by atoms with Crippen LogP contribution in [0.4, 0.5) is 4.79 Å². The lowest BCUT2D eigenvalue weighted by molar-refractivity contribution is 0.0995. The van der Waals surface area contributed by atoms with Crippen LogP contribution in [0.15, 0.2) is 11.0 Å². The van der Waals surface area contributed by atoms with Crippen LogP contribution in [0.3, 0.4) is 0 Å². The number of hydrogen-bond donors (Lipinski definition) is 3. The molecular formula is C10H14N4O4. The van der Waals surface area contributed by atoms with E-state index in [4.69, 9.17) is 10.8 Å². The average Bonchev–Trinajstić information content (AvgIpc) is 2.71. The lowest BCUT2D eigenvalue weighted by atomic mass is 10.1. The van der Waals surface area contributed by atoms with Gasteiger partial charge in [-0.25, -0.2) is 9.59 Å². The van der Waals surface area contributed by atoms with E-state index in [9.17, 15) is 14.4 Å². The van der Waals surface area contributed by atoms with Gasteiger partial charge in [0.25, 0.3) is 5.91 Å². The van der Waals surface area contributed by atoms with Crippen LogP contribution in [-0.4, -0.2) is 44.6 Å². The molecule has 18 heavy (non-hydrogen) atoms. The number of amides is 2. The highest BCUT2D eigenvalue weighted by molar-refractivity contribution is 5.90. The minimum absolute atomic E-state index is 0.0701. The fourth-order valence-electron chi connectivity index (χ4n) is 2.14. The minimum Gasteiger partial charge on any atom is -0.465 e. The Kier molecular flexibility index (Phi) is 3.09. The number of imidazole rings is 1. The molecule has 1 aromatic heterocycles. The molecule has 0 radical (unpaired) electrons. The van der Waals surface area contributed by atoms with Crippen LogP contribution in [0.1, 0.15) is 29.4 Å². The molecule has 98 valence electrons. The number of aromatic nitrogens is 2. The number of nitrogens with zero attached hydrogens (tertiary/aromatic N) is 2. The number of primary amides is 1. The Labute approximate surface area is 102 Å². The Bertz CT molecular complexity index is 524. The maximum atomic E-state index is 11.6. The Morgan fingerprint density at radius 1 is 1.39 bits per heavy atom. The summed E-state index contributed by atoms with van der Waals surface area (Å²) in [5.74, 6) is -0.686. The summed E-state index contributed by atoms with van der Waals surface area (Å²) in [6, 6.07) is -0.0996. The molecule has 1 aliphatic rings. The second-order valence-electron chi connectivity index (χ2n) is 4.25. The highest BCUT2D eigenvalue weighted by Gasteiger charge is 2.25. The second-order valence-corrected chi connectivity index (χ2v) is 4.25. The molecule has 8 nitrogen and oxygen atoms in total. The van der Waals surface area contributed by atoms with Crippen molar-refractivity contribution in [3.63, 3.8) is 0 Å². The molecule has 0 aliphatic carbocycles. The van der Waals surface area contributed by atoms with E-state index >= 15 is 0 Å². The number of carboxylic acid groups (broad SMARTS) is 1. The third-order valence-electron chi connectivity index (χ3n) is 3.14. The zero-order valence-corrected chi connectivity index (χ0v) is 9.63. The number of likely N-dealkylation sites (tertiary alicyclic amines) is 1. The largest absolute Gasteiger partial charge is 0.465 e. The predicted octanol–water partition coefficient (Wildman–Crippen LogP) is -0.410. The number of rotatable bonds is 2. The summed E-state index contributed by atoms with van der Waals surface area (Å²) in [4.78, 5) is 37.0. The number of piperidine rings is 1. The minimum atomic E-state index is -0.951. The average molecular weight is 254 g/mol. The molecular weight excluding hydrogens is 240 g/mol. The Morgan fingerprint density at radius 2 is 2.00 bits per heavy atom. The number of nitrogens with one attached hydrogen (secondary N) is 1. The molecule has 2 amide bonds. The maximum absolute atomic E-state index is 11.6. The van der Waals surface area contributed by atoms with Gasteiger partial charge in [-0.15, -0.1) is 0 Å². The van der Waals surface area contributed by atoms with Gasteiger partial charge in [0.15, 0.2) is 0 Å². The van der Waals surface area contributed by atoms with Crippen molar-refractivity contribution in [2.45, 2.75) is 18.9 Å². The van der Waals surface area contributed by atoms with E-state index in [2.05, 4.69) is 4.98 Å². The molecule has 2 heterocycles. The van der Waals surface area contributed by atoms with E-state index in [1.807, 2.05) is 0 Å². The summed E-state index contributed by atoms with van der Waals surface area (Å²) in [5, 5.41) is 8.82. The number of carbonyl (C=O) groups excluding carboxylic acids is 1. The van der Waals surface area contributed by atoms with Crippen LogP contribution in [0.2, 0.25) is 0 Å². The first kappa shape index (κ1) is 12.2. The van der Waals surface area contributed by atoms with Gasteiger partial charge < -0.3 is 20.7 Å². The van der Waals surface area contributed by atoms with Gasteiger partial charge in [0.1, 0.15) is 5.69 Å². The number of carbonyl (C=O) groups is 2. The summed E-state index contributed by atoms with van der Waals surface area (Å²) in [6.07, 6.45) is 1.53. The summed E-state index contributed by atoms with van der Waals surface area (Å²) >= 11 is 0.